The molecule has 1 aliphatic rings. The van der Waals surface area contributed by atoms with Crippen molar-refractivity contribution < 1.29 is 9.47 Å². The van der Waals surface area contributed by atoms with Gasteiger partial charge in [-0.2, -0.15) is 0 Å². The number of hydrogen-bond acceptors (Lipinski definition) is 4. The number of rotatable bonds is 9. The van der Waals surface area contributed by atoms with Crippen molar-refractivity contribution in [2.24, 2.45) is 0 Å². The molecular formula is C15H24N2O2. The van der Waals surface area contributed by atoms with Gasteiger partial charge in [0, 0.05) is 24.2 Å². The van der Waals surface area contributed by atoms with E-state index in [1.165, 1.54) is 18.4 Å². The number of ether oxygens (including phenoxy) is 2. The fourth-order valence-electron chi connectivity index (χ4n) is 2.03. The Bertz CT molecular complexity index is 392. The Labute approximate surface area is 115 Å². The minimum atomic E-state index is 0.807. The average Bonchev–Trinajstić information content (AvgIpc) is 3.26. The van der Waals surface area contributed by atoms with Crippen LogP contribution in [0.25, 0.3) is 0 Å². The third-order valence-electron chi connectivity index (χ3n) is 3.35. The molecule has 0 saturated heterocycles. The molecule has 0 aliphatic heterocycles. The zero-order valence-electron chi connectivity index (χ0n) is 11.9. The van der Waals surface area contributed by atoms with E-state index in [2.05, 4.69) is 10.6 Å². The quantitative estimate of drug-likeness (QED) is 0.669. The molecule has 0 amide bonds. The van der Waals surface area contributed by atoms with Gasteiger partial charge in [-0.05, 0) is 38.4 Å². The molecule has 0 radical (unpaired) electrons. The molecule has 0 bridgehead atoms. The van der Waals surface area contributed by atoms with Crippen molar-refractivity contribution >= 4 is 0 Å². The predicted molar refractivity (Wildman–Crippen MR) is 76.9 cm³/mol. The van der Waals surface area contributed by atoms with Crippen molar-refractivity contribution in [1.29, 1.82) is 0 Å². The zero-order chi connectivity index (χ0) is 13.5. The summed E-state index contributed by atoms with van der Waals surface area (Å²) in [5, 5.41) is 6.96. The molecule has 0 heterocycles. The van der Waals surface area contributed by atoms with Gasteiger partial charge in [-0.15, -0.1) is 0 Å². The third-order valence-corrected chi connectivity index (χ3v) is 3.35. The fourth-order valence-corrected chi connectivity index (χ4v) is 2.03. The van der Waals surface area contributed by atoms with Gasteiger partial charge in [-0.1, -0.05) is 6.07 Å². The molecule has 0 unspecified atom stereocenters. The molecule has 19 heavy (non-hydrogen) atoms. The second-order valence-corrected chi connectivity index (χ2v) is 4.94. The second-order valence-electron chi connectivity index (χ2n) is 4.94. The molecule has 106 valence electrons. The monoisotopic (exact) mass is 264 g/mol. The minimum absolute atomic E-state index is 0.807. The smallest absolute Gasteiger partial charge is 0.127 e. The lowest BCUT2D eigenvalue weighted by molar-refractivity contribution is 0.389. The number of nitrogens with one attached hydrogen (secondary N) is 2. The largest absolute Gasteiger partial charge is 0.497 e. The molecule has 2 rings (SSSR count). The van der Waals surface area contributed by atoms with Gasteiger partial charge >= 0.3 is 0 Å². The van der Waals surface area contributed by atoms with Gasteiger partial charge in [0.05, 0.1) is 14.2 Å². The highest BCUT2D eigenvalue weighted by Crippen LogP contribution is 2.24. The van der Waals surface area contributed by atoms with Crippen LogP contribution in [-0.4, -0.2) is 33.4 Å². The van der Waals surface area contributed by atoms with E-state index in [1.54, 1.807) is 14.2 Å². The normalized spacial score (nSPS) is 14.4. The lowest BCUT2D eigenvalue weighted by Crippen LogP contribution is -2.23. The Hall–Kier alpha value is -1.26. The van der Waals surface area contributed by atoms with E-state index in [1.807, 2.05) is 18.2 Å². The molecule has 4 nitrogen and oxygen atoms in total. The van der Waals surface area contributed by atoms with Gasteiger partial charge in [0.25, 0.3) is 0 Å². The predicted octanol–water partition coefficient (Wildman–Crippen LogP) is 1.94. The van der Waals surface area contributed by atoms with E-state index in [0.717, 1.165) is 43.6 Å². The lowest BCUT2D eigenvalue weighted by atomic mass is 10.2. The molecule has 0 spiro atoms. The maximum atomic E-state index is 5.37. The first kappa shape index (κ1) is 14.2. The highest BCUT2D eigenvalue weighted by molar-refractivity contribution is 5.40. The average molecular weight is 264 g/mol. The van der Waals surface area contributed by atoms with Crippen molar-refractivity contribution in [3.05, 3.63) is 23.8 Å². The van der Waals surface area contributed by atoms with Gasteiger partial charge in [-0.25, -0.2) is 0 Å². The van der Waals surface area contributed by atoms with E-state index < -0.39 is 0 Å². The Morgan fingerprint density at radius 1 is 1.16 bits per heavy atom. The Kier molecular flexibility index (Phi) is 5.48. The maximum absolute atomic E-state index is 5.37. The van der Waals surface area contributed by atoms with Crippen LogP contribution in [-0.2, 0) is 6.54 Å². The van der Waals surface area contributed by atoms with E-state index in [9.17, 15) is 0 Å². The van der Waals surface area contributed by atoms with Crippen LogP contribution < -0.4 is 20.1 Å². The van der Waals surface area contributed by atoms with Crippen molar-refractivity contribution in [1.82, 2.24) is 10.6 Å². The van der Waals surface area contributed by atoms with E-state index in [4.69, 9.17) is 9.47 Å². The van der Waals surface area contributed by atoms with Crippen LogP contribution in [0.15, 0.2) is 18.2 Å². The Morgan fingerprint density at radius 2 is 2.00 bits per heavy atom. The Morgan fingerprint density at radius 3 is 2.68 bits per heavy atom. The summed E-state index contributed by atoms with van der Waals surface area (Å²) in [5.41, 5.74) is 1.17. The van der Waals surface area contributed by atoms with E-state index >= 15 is 0 Å². The standard InChI is InChI=1S/C15H24N2O2/c1-18-14-7-4-12(15(10-14)19-2)11-16-8-3-9-17-13-5-6-13/h4,7,10,13,16-17H,3,5-6,8-9,11H2,1-2H3. The van der Waals surface area contributed by atoms with Crippen molar-refractivity contribution in [3.63, 3.8) is 0 Å². The molecule has 2 N–H and O–H groups in total. The third kappa shape index (κ3) is 4.73. The lowest BCUT2D eigenvalue weighted by Gasteiger charge is -2.11. The fraction of sp³-hybridized carbons (Fsp3) is 0.600. The van der Waals surface area contributed by atoms with Crippen LogP contribution in [0.5, 0.6) is 11.5 Å². The first-order chi connectivity index (χ1) is 9.33. The molecule has 1 fully saturated rings. The van der Waals surface area contributed by atoms with Crippen molar-refractivity contribution in [2.45, 2.75) is 31.8 Å². The van der Waals surface area contributed by atoms with Gasteiger partial charge < -0.3 is 20.1 Å². The summed E-state index contributed by atoms with van der Waals surface area (Å²) in [6, 6.07) is 6.74. The molecule has 1 aliphatic carbocycles. The van der Waals surface area contributed by atoms with Crippen LogP contribution in [0.3, 0.4) is 0 Å². The molecule has 4 heteroatoms. The first-order valence-electron chi connectivity index (χ1n) is 6.98. The SMILES string of the molecule is COc1ccc(CNCCCNC2CC2)c(OC)c1. The summed E-state index contributed by atoms with van der Waals surface area (Å²) in [7, 11) is 3.36. The molecule has 1 aromatic rings. The highest BCUT2D eigenvalue weighted by Gasteiger charge is 2.19. The summed E-state index contributed by atoms with van der Waals surface area (Å²) >= 11 is 0. The molecule has 1 aromatic carbocycles. The van der Waals surface area contributed by atoms with Gasteiger partial charge in [-0.3, -0.25) is 0 Å². The van der Waals surface area contributed by atoms with Crippen LogP contribution >= 0.6 is 0 Å². The maximum Gasteiger partial charge on any atom is 0.127 e. The molecule has 1 saturated carbocycles. The van der Waals surface area contributed by atoms with Gasteiger partial charge in [0.1, 0.15) is 11.5 Å². The van der Waals surface area contributed by atoms with Gasteiger partial charge in [0.15, 0.2) is 0 Å². The van der Waals surface area contributed by atoms with Crippen molar-refractivity contribution in [3.8, 4) is 11.5 Å². The van der Waals surface area contributed by atoms with Crippen LogP contribution in [0, 0.1) is 0 Å². The molecular weight excluding hydrogens is 240 g/mol. The Balaban J connectivity index is 1.68. The van der Waals surface area contributed by atoms with E-state index in [0.29, 0.717) is 0 Å². The molecule has 0 aromatic heterocycles. The summed E-state index contributed by atoms with van der Waals surface area (Å²) in [6.45, 7) is 2.96. The van der Waals surface area contributed by atoms with Crippen LogP contribution in [0.2, 0.25) is 0 Å². The highest BCUT2D eigenvalue weighted by atomic mass is 16.5. The summed E-state index contributed by atoms with van der Waals surface area (Å²) in [6.07, 6.45) is 3.88. The number of benzene rings is 1. The minimum Gasteiger partial charge on any atom is -0.497 e. The van der Waals surface area contributed by atoms with Gasteiger partial charge in [0.2, 0.25) is 0 Å². The topological polar surface area (TPSA) is 42.5 Å². The van der Waals surface area contributed by atoms with E-state index in [-0.39, 0.29) is 0 Å². The number of methoxy groups -OCH3 is 2. The zero-order valence-corrected chi connectivity index (χ0v) is 11.9. The second kappa shape index (κ2) is 7.36. The summed E-state index contributed by atoms with van der Waals surface area (Å²) < 4.78 is 10.6. The number of hydrogen-bond donors (Lipinski definition) is 2. The van der Waals surface area contributed by atoms with Crippen molar-refractivity contribution in [2.75, 3.05) is 27.3 Å². The van der Waals surface area contributed by atoms with Crippen LogP contribution in [0.4, 0.5) is 0 Å². The summed E-state index contributed by atoms with van der Waals surface area (Å²) in [5.74, 6) is 1.71. The molecule has 0 atom stereocenters. The van der Waals surface area contributed by atoms with Crippen LogP contribution in [0.1, 0.15) is 24.8 Å². The first-order valence-corrected chi connectivity index (χ1v) is 6.98. The summed E-state index contributed by atoms with van der Waals surface area (Å²) in [4.78, 5) is 0.